The molecule has 0 aliphatic heterocycles. The summed E-state index contributed by atoms with van der Waals surface area (Å²) in [6.45, 7) is 3.76. The number of carbonyl (C=O) groups excluding carboxylic acids is 1. The topological polar surface area (TPSA) is 81.6 Å². The Morgan fingerprint density at radius 3 is 2.49 bits per heavy atom. The number of aromatic nitrogens is 4. The Morgan fingerprint density at radius 1 is 1.06 bits per heavy atom. The predicted octanol–water partition coefficient (Wildman–Crippen LogP) is 5.59. The third-order valence-electron chi connectivity index (χ3n) is 5.78. The van der Waals surface area contributed by atoms with Gasteiger partial charge in [-0.15, -0.1) is 0 Å². The summed E-state index contributed by atoms with van der Waals surface area (Å²) in [7, 11) is 0. The Hall–Kier alpha value is -3.75. The average molecular weight is 531 g/mol. The normalized spacial score (nSPS) is 11.2. The number of esters is 1. The number of hydrogen-bond acceptors (Lipinski definition) is 5. The fourth-order valence-corrected chi connectivity index (χ4v) is 4.39. The molecule has 0 aliphatic rings. The molecule has 0 unspecified atom stereocenters. The number of nitrogens with zero attached hydrogens (tertiary/aromatic N) is 4. The van der Waals surface area contributed by atoms with Gasteiger partial charge in [0.05, 0.1) is 46.9 Å². The molecule has 0 aliphatic carbocycles. The molecule has 0 atom stereocenters. The van der Waals surface area contributed by atoms with Gasteiger partial charge in [0.1, 0.15) is 5.69 Å². The van der Waals surface area contributed by atoms with Crippen LogP contribution in [0.4, 0.5) is 0 Å². The van der Waals surface area contributed by atoms with E-state index in [2.05, 4.69) is 15.9 Å². The summed E-state index contributed by atoms with van der Waals surface area (Å²) in [4.78, 5) is 12.7. The van der Waals surface area contributed by atoms with Crippen molar-refractivity contribution in [3.05, 3.63) is 94.2 Å². The smallest absolute Gasteiger partial charge is 0.338 e. The highest BCUT2D eigenvalue weighted by atomic mass is 79.9. The summed E-state index contributed by atoms with van der Waals surface area (Å²) < 4.78 is 9.74. The molecule has 176 valence electrons. The average Bonchev–Trinajstić information content (AvgIpc) is 3.45. The number of aliphatic hydroxyl groups excluding tert-OH is 1. The van der Waals surface area contributed by atoms with Gasteiger partial charge >= 0.3 is 5.97 Å². The maximum Gasteiger partial charge on any atom is 0.338 e. The number of aliphatic hydroxyl groups is 1. The van der Waals surface area contributed by atoms with Crippen LogP contribution in [-0.2, 0) is 11.3 Å². The van der Waals surface area contributed by atoms with Crippen molar-refractivity contribution in [1.82, 2.24) is 19.4 Å². The molecule has 2 aromatic carbocycles. The van der Waals surface area contributed by atoms with Crippen molar-refractivity contribution in [3.8, 4) is 28.2 Å². The van der Waals surface area contributed by atoms with Crippen LogP contribution in [0.2, 0.25) is 0 Å². The molecule has 7 nitrogen and oxygen atoms in total. The molecule has 1 N–H and O–H groups in total. The molecule has 0 spiro atoms. The van der Waals surface area contributed by atoms with E-state index in [1.807, 2.05) is 73.8 Å². The summed E-state index contributed by atoms with van der Waals surface area (Å²) in [6, 6.07) is 21.2. The molecule has 0 fully saturated rings. The van der Waals surface area contributed by atoms with Crippen molar-refractivity contribution < 1.29 is 14.6 Å². The van der Waals surface area contributed by atoms with Crippen LogP contribution in [0.3, 0.4) is 0 Å². The van der Waals surface area contributed by atoms with Gasteiger partial charge in [0.15, 0.2) is 0 Å². The third kappa shape index (κ3) is 4.26. The van der Waals surface area contributed by atoms with Crippen LogP contribution in [0.1, 0.15) is 28.5 Å². The molecule has 3 heterocycles. The standard InChI is InChI=1S/C27H23BrN4O3/c1-3-35-27(34)22-14-24-25(23-13-21(16-33)32(29-23)20-7-5-4-6-8-20)26(30-31(24)15-17(22)2)18-9-11-19(28)12-10-18/h4-15,33H,3,16H2,1-2H3. The van der Waals surface area contributed by atoms with Gasteiger partial charge in [-0.3, -0.25) is 0 Å². The lowest BCUT2D eigenvalue weighted by atomic mass is 10.0. The largest absolute Gasteiger partial charge is 0.462 e. The predicted molar refractivity (Wildman–Crippen MR) is 138 cm³/mol. The highest BCUT2D eigenvalue weighted by Gasteiger charge is 2.23. The van der Waals surface area contributed by atoms with Crippen LogP contribution in [0.15, 0.2) is 77.4 Å². The van der Waals surface area contributed by atoms with E-state index in [-0.39, 0.29) is 12.6 Å². The lowest BCUT2D eigenvalue weighted by molar-refractivity contribution is 0.0525. The number of halogens is 1. The number of benzene rings is 2. The maximum absolute atomic E-state index is 12.7. The molecule has 0 saturated heterocycles. The van der Waals surface area contributed by atoms with Crippen LogP contribution in [-0.4, -0.2) is 37.1 Å². The number of pyridine rings is 1. The zero-order valence-electron chi connectivity index (χ0n) is 19.3. The van der Waals surface area contributed by atoms with Gasteiger partial charge in [-0.25, -0.2) is 14.0 Å². The summed E-state index contributed by atoms with van der Waals surface area (Å²) in [5.74, 6) is -0.379. The van der Waals surface area contributed by atoms with Crippen LogP contribution in [0.25, 0.3) is 33.7 Å². The van der Waals surface area contributed by atoms with Gasteiger partial charge in [0.25, 0.3) is 0 Å². The van der Waals surface area contributed by atoms with Gasteiger partial charge in [0.2, 0.25) is 0 Å². The summed E-state index contributed by atoms with van der Waals surface area (Å²) >= 11 is 3.49. The first-order chi connectivity index (χ1) is 17.0. The number of ether oxygens (including phenoxy) is 1. The zero-order chi connectivity index (χ0) is 24.5. The summed E-state index contributed by atoms with van der Waals surface area (Å²) in [6.07, 6.45) is 1.83. The second-order valence-electron chi connectivity index (χ2n) is 8.08. The van der Waals surface area contributed by atoms with Gasteiger partial charge in [0, 0.05) is 16.2 Å². The minimum atomic E-state index is -0.379. The third-order valence-corrected chi connectivity index (χ3v) is 6.31. The fourth-order valence-electron chi connectivity index (χ4n) is 4.13. The highest BCUT2D eigenvalue weighted by molar-refractivity contribution is 9.10. The first kappa shape index (κ1) is 23.0. The Bertz CT molecular complexity index is 1520. The van der Waals surface area contributed by atoms with Crippen molar-refractivity contribution in [2.75, 3.05) is 6.61 Å². The highest BCUT2D eigenvalue weighted by Crippen LogP contribution is 2.36. The zero-order valence-corrected chi connectivity index (χ0v) is 20.9. The van der Waals surface area contributed by atoms with Crippen molar-refractivity contribution in [2.24, 2.45) is 0 Å². The number of rotatable bonds is 6. The fraction of sp³-hybridized carbons (Fsp3) is 0.148. The number of fused-ring (bicyclic) bond motifs is 1. The molecular formula is C27H23BrN4O3. The number of aryl methyl sites for hydroxylation is 1. The summed E-state index contributed by atoms with van der Waals surface area (Å²) in [5, 5.41) is 19.8. The van der Waals surface area contributed by atoms with Crippen LogP contribution in [0.5, 0.6) is 0 Å². The van der Waals surface area contributed by atoms with E-state index in [9.17, 15) is 9.90 Å². The van der Waals surface area contributed by atoms with Gasteiger partial charge in [-0.2, -0.15) is 10.2 Å². The van der Waals surface area contributed by atoms with Crippen molar-refractivity contribution >= 4 is 27.4 Å². The minimum absolute atomic E-state index is 0.179. The molecule has 8 heteroatoms. The quantitative estimate of drug-likeness (QED) is 0.289. The van der Waals surface area contributed by atoms with E-state index in [0.717, 1.165) is 38.1 Å². The minimum Gasteiger partial charge on any atom is -0.462 e. The van der Waals surface area contributed by atoms with Crippen molar-refractivity contribution in [2.45, 2.75) is 20.5 Å². The van der Waals surface area contributed by atoms with Crippen LogP contribution in [0, 0.1) is 6.92 Å². The van der Waals surface area contributed by atoms with Gasteiger partial charge in [-0.1, -0.05) is 46.3 Å². The molecule has 0 saturated carbocycles. The Morgan fingerprint density at radius 2 is 1.80 bits per heavy atom. The SMILES string of the molecule is CCOC(=O)c1cc2c(-c3cc(CO)n(-c4ccccc4)n3)c(-c3ccc(Br)cc3)nn2cc1C. The molecule has 0 radical (unpaired) electrons. The lowest BCUT2D eigenvalue weighted by Gasteiger charge is -2.07. The second-order valence-corrected chi connectivity index (χ2v) is 8.99. The number of carbonyl (C=O) groups is 1. The van der Waals surface area contributed by atoms with Gasteiger partial charge < -0.3 is 9.84 Å². The van der Waals surface area contributed by atoms with E-state index in [4.69, 9.17) is 14.9 Å². The van der Waals surface area contributed by atoms with E-state index in [1.54, 1.807) is 22.2 Å². The molecule has 5 aromatic rings. The van der Waals surface area contributed by atoms with Gasteiger partial charge in [-0.05, 0) is 55.8 Å². The molecule has 0 bridgehead atoms. The lowest BCUT2D eigenvalue weighted by Crippen LogP contribution is -2.08. The van der Waals surface area contributed by atoms with Crippen molar-refractivity contribution in [3.63, 3.8) is 0 Å². The molecule has 3 aromatic heterocycles. The Kier molecular flexibility index (Phi) is 6.23. The molecular weight excluding hydrogens is 508 g/mol. The van der Waals surface area contributed by atoms with E-state index in [1.165, 1.54) is 0 Å². The molecule has 0 amide bonds. The molecule has 35 heavy (non-hydrogen) atoms. The van der Waals surface area contributed by atoms with E-state index in [0.29, 0.717) is 23.6 Å². The first-order valence-electron chi connectivity index (χ1n) is 11.2. The summed E-state index contributed by atoms with van der Waals surface area (Å²) in [5.41, 5.74) is 6.48. The van der Waals surface area contributed by atoms with Crippen molar-refractivity contribution in [1.29, 1.82) is 0 Å². The Labute approximate surface area is 210 Å². The van der Waals surface area contributed by atoms with E-state index < -0.39 is 0 Å². The number of hydrogen-bond donors (Lipinski definition) is 1. The first-order valence-corrected chi connectivity index (χ1v) is 12.0. The number of para-hydroxylation sites is 1. The van der Waals surface area contributed by atoms with E-state index >= 15 is 0 Å². The maximum atomic E-state index is 12.7. The second kappa shape index (κ2) is 9.48. The molecule has 5 rings (SSSR count). The monoisotopic (exact) mass is 530 g/mol. The van der Waals surface area contributed by atoms with Crippen LogP contribution >= 0.6 is 15.9 Å². The Balaban J connectivity index is 1.79. The van der Waals surface area contributed by atoms with Crippen LogP contribution < -0.4 is 0 Å².